The molecule has 0 saturated carbocycles. The molecule has 2 atom stereocenters. The molecule has 15 nitrogen and oxygen atoms in total. The topological polar surface area (TPSA) is 236 Å². The number of carbonyl (C=O) groups is 5. The molecule has 0 aliphatic carbocycles. The molecule has 0 aliphatic rings. The molecule has 320 valence electrons. The second-order valence-corrected chi connectivity index (χ2v) is 19.1. The minimum atomic E-state index is -4.69. The van der Waals surface area contributed by atoms with E-state index in [-0.39, 0.29) is 40.9 Å². The summed E-state index contributed by atoms with van der Waals surface area (Å²) in [6.07, 6.45) is 0. The van der Waals surface area contributed by atoms with E-state index in [9.17, 15) is 24.0 Å². The number of esters is 4. The van der Waals surface area contributed by atoms with Gasteiger partial charge in [-0.3, -0.25) is 24.0 Å². The number of rotatable bonds is 12. The highest BCUT2D eigenvalue weighted by Gasteiger charge is 2.35. The lowest BCUT2D eigenvalue weighted by Crippen LogP contribution is -2.58. The van der Waals surface area contributed by atoms with Crippen LogP contribution in [0.5, 0.6) is 23.0 Å². The Balaban J connectivity index is 0.00000304. The van der Waals surface area contributed by atoms with E-state index in [1.54, 1.807) is 95.2 Å². The van der Waals surface area contributed by atoms with E-state index >= 15 is 0 Å². The van der Waals surface area contributed by atoms with E-state index in [0.29, 0.717) is 11.1 Å². The minimum Gasteiger partial charge on any atom is -0.422 e. The molecule has 2 aromatic carbocycles. The van der Waals surface area contributed by atoms with Crippen LogP contribution in [0.4, 0.5) is 0 Å². The first-order valence-electron chi connectivity index (χ1n) is 18.4. The highest BCUT2D eigenvalue weighted by molar-refractivity contribution is 5.92. The Hall–Kier alpha value is -3.96. The molecule has 2 aromatic rings. The average molecular weight is 825 g/mol. The van der Waals surface area contributed by atoms with Gasteiger partial charge in [0.05, 0.1) is 48.6 Å². The van der Waals surface area contributed by atoms with Crippen LogP contribution < -0.4 is 43.6 Å². The third-order valence-electron chi connectivity index (χ3n) is 7.43. The maximum atomic E-state index is 14.8. The lowest BCUT2D eigenvalue weighted by Gasteiger charge is -2.29. The number of hydrogen-bond donors (Lipinski definition) is 3. The number of carbonyl (C=O) groups excluding carboxylic acids is 5. The second kappa shape index (κ2) is 19.7. The van der Waals surface area contributed by atoms with Crippen molar-refractivity contribution in [1.29, 1.82) is 0 Å². The number of hydrogen-bond acceptors (Lipinski definition) is 15. The van der Waals surface area contributed by atoms with E-state index in [4.69, 9.17) is 37.6 Å². The fourth-order valence-corrected chi connectivity index (χ4v) is 4.27. The normalized spacial score (nSPS) is 13.6. The van der Waals surface area contributed by atoms with Crippen LogP contribution in [0.3, 0.4) is 0 Å². The molecule has 0 amide bonds. The molecule has 0 radical (unpaired) electrons. The maximum absolute atomic E-state index is 14.8. The van der Waals surface area contributed by atoms with Gasteiger partial charge in [0.1, 0.15) is 0 Å². The Morgan fingerprint density at radius 2 is 0.737 bits per heavy atom. The van der Waals surface area contributed by atoms with Gasteiger partial charge in [0.25, 0.3) is 0 Å². The third kappa shape index (κ3) is 17.6. The van der Waals surface area contributed by atoms with Crippen LogP contribution in [0.1, 0.15) is 134 Å². The monoisotopic (exact) mass is 824 g/mol. The number of nitrogens with one attached hydrogen (secondary N) is 2. The first-order valence-corrected chi connectivity index (χ1v) is 19.6. The summed E-state index contributed by atoms with van der Waals surface area (Å²) < 4.78 is 55.7. The van der Waals surface area contributed by atoms with Crippen molar-refractivity contribution in [2.24, 2.45) is 21.7 Å². The molecule has 0 fully saturated rings. The van der Waals surface area contributed by atoms with Crippen LogP contribution in [0.2, 0.25) is 0 Å². The lowest BCUT2D eigenvalue weighted by atomic mass is 9.91. The molecule has 2 unspecified atom stereocenters. The van der Waals surface area contributed by atoms with E-state index in [0.717, 1.165) is 0 Å². The fourth-order valence-electron chi connectivity index (χ4n) is 4.27. The van der Waals surface area contributed by atoms with Gasteiger partial charge in [0.15, 0.2) is 28.8 Å². The number of Topliss-reactive ketones (excluding diaryl/α,β-unsaturated/α-hetero) is 1. The molecule has 0 saturated heterocycles. The zero-order chi connectivity index (χ0) is 44.6. The largest absolute Gasteiger partial charge is 0.422 e. The van der Waals surface area contributed by atoms with Crippen molar-refractivity contribution in [1.82, 2.24) is 10.6 Å². The van der Waals surface area contributed by atoms with Gasteiger partial charge in [-0.15, -0.1) is 0 Å². The summed E-state index contributed by atoms with van der Waals surface area (Å²) in [6, 6.07) is 7.15. The van der Waals surface area contributed by atoms with Crippen LogP contribution in [0, 0.1) is 31.9 Å². The van der Waals surface area contributed by atoms with Gasteiger partial charge < -0.3 is 29.6 Å². The predicted octanol–water partition coefficient (Wildman–Crippen LogP) is 3.72. The van der Waals surface area contributed by atoms with Gasteiger partial charge in [0, 0.05) is 12.1 Å². The Labute approximate surface area is 338 Å². The fraction of sp³-hybridized carbons (Fsp3) is 0.585. The number of ether oxygens (including phenoxy) is 4. The van der Waals surface area contributed by atoms with Crippen molar-refractivity contribution in [3.8, 4) is 23.0 Å². The zero-order valence-electron chi connectivity index (χ0n) is 36.0. The van der Waals surface area contributed by atoms with Crippen molar-refractivity contribution in [3.05, 3.63) is 47.5 Å². The summed E-state index contributed by atoms with van der Waals surface area (Å²) in [7, 11) is -4.69. The van der Waals surface area contributed by atoms with Crippen molar-refractivity contribution in [2.45, 2.75) is 135 Å². The van der Waals surface area contributed by atoms with Crippen LogP contribution in [-0.4, -0.2) is 46.4 Å². The zero-order valence-corrected chi connectivity index (χ0v) is 36.8. The number of benzene rings is 2. The van der Waals surface area contributed by atoms with Crippen LogP contribution in [0.15, 0.2) is 36.4 Å². The molecule has 0 spiro atoms. The van der Waals surface area contributed by atoms with Gasteiger partial charge in [-0.1, -0.05) is 12.1 Å². The highest BCUT2D eigenvalue weighted by Crippen LogP contribution is 2.38. The first-order chi connectivity index (χ1) is 25.5. The summed E-state index contributed by atoms with van der Waals surface area (Å²) in [6.45, 7) is 28.1. The van der Waals surface area contributed by atoms with Gasteiger partial charge in [-0.25, -0.2) is 0 Å². The SMILES string of the molecule is CC(C)NC(C(=O)C(NC(C)C)c1ccc(OC(=O)C(C)(C)C)c(OC(=O)C(C)(C)C)c1)c1ccc(OC(=O)C(C)(C)C)c(OC(=O)C(C)(C)C)c1.[O-][Cl+3]([O-])([O-])O. The molecule has 16 heteroatoms. The summed E-state index contributed by atoms with van der Waals surface area (Å²) in [5.41, 5.74) is -2.51. The number of halogens is 1. The van der Waals surface area contributed by atoms with Gasteiger partial charge in [0.2, 0.25) is 0 Å². The van der Waals surface area contributed by atoms with Gasteiger partial charge in [-0.2, -0.15) is 14.0 Å². The predicted molar refractivity (Wildman–Crippen MR) is 202 cm³/mol. The molecule has 0 heterocycles. The van der Waals surface area contributed by atoms with Crippen LogP contribution in [0.25, 0.3) is 0 Å². The Kier molecular flexibility index (Phi) is 17.6. The lowest BCUT2D eigenvalue weighted by molar-refractivity contribution is -1.92. The summed E-state index contributed by atoms with van der Waals surface area (Å²) in [5.74, 6) is -2.39. The summed E-state index contributed by atoms with van der Waals surface area (Å²) >= 11 is 0. The quantitative estimate of drug-likeness (QED) is 0.204. The van der Waals surface area contributed by atoms with Crippen LogP contribution in [-0.2, 0) is 24.0 Å². The summed E-state index contributed by atoms with van der Waals surface area (Å²) in [4.78, 5) is 66.7. The van der Waals surface area contributed by atoms with E-state index in [2.05, 4.69) is 10.6 Å². The Bertz CT molecular complexity index is 1610. The van der Waals surface area contributed by atoms with Crippen molar-refractivity contribution < 1.29 is 71.8 Å². The smallest absolute Gasteiger partial charge is 0.316 e. The molecular weight excluding hydrogens is 764 g/mol. The minimum absolute atomic E-state index is 0.00635. The van der Waals surface area contributed by atoms with Crippen molar-refractivity contribution >= 4 is 29.7 Å². The highest BCUT2D eigenvalue weighted by atomic mass is 35.7. The van der Waals surface area contributed by atoms with Crippen molar-refractivity contribution in [3.63, 3.8) is 0 Å². The van der Waals surface area contributed by atoms with Gasteiger partial charge in [-0.05, 0) is 146 Å². The second-order valence-electron chi connectivity index (χ2n) is 18.3. The van der Waals surface area contributed by atoms with Gasteiger partial charge >= 0.3 is 23.9 Å². The standard InChI is InChI=1S/C41H60N2O9.ClHO4/c1-23(2)42-31(25-17-19-27(49-34(45)38(5,6)7)29(21-25)51-36(47)40(11,12)13)33(44)32(43-24(3)4)26-18-20-28(50-35(46)39(8,9)10)30(22-26)52-37(48)41(14,15)16;2-1(3,4)5/h17-24,31-32,42-43H,1-16H3;(H,2,3,4,5). The molecule has 2 rings (SSSR count). The first kappa shape index (κ1) is 51.1. The summed E-state index contributed by atoms with van der Waals surface area (Å²) in [5, 5.41) is 6.69. The molecular formula is C41H61ClN2O13. The Morgan fingerprint density at radius 3 is 0.947 bits per heavy atom. The van der Waals surface area contributed by atoms with E-state index in [1.807, 2.05) is 27.7 Å². The molecule has 0 aliphatic heterocycles. The third-order valence-corrected chi connectivity index (χ3v) is 7.43. The Morgan fingerprint density at radius 1 is 0.509 bits per heavy atom. The maximum Gasteiger partial charge on any atom is 0.316 e. The molecule has 0 bridgehead atoms. The molecule has 57 heavy (non-hydrogen) atoms. The molecule has 3 N–H and O–H groups in total. The van der Waals surface area contributed by atoms with E-state index in [1.165, 1.54) is 24.3 Å². The number of ketones is 1. The van der Waals surface area contributed by atoms with Crippen LogP contribution >= 0.6 is 0 Å². The van der Waals surface area contributed by atoms with Crippen molar-refractivity contribution in [2.75, 3.05) is 0 Å². The van der Waals surface area contributed by atoms with E-state index < -0.39 is 67.9 Å². The molecule has 0 aromatic heterocycles. The average Bonchev–Trinajstić information content (AvgIpc) is 3.01.